The smallest absolute Gasteiger partial charge is 0.363 e. The van der Waals surface area contributed by atoms with Gasteiger partial charge in [-0.25, -0.2) is 9.79 Å². The number of nitrogens with zero attached hydrogens (tertiary/aromatic N) is 1. The topological polar surface area (TPSA) is 47.9 Å². The first-order chi connectivity index (χ1) is 10.7. The number of methoxy groups -OCH3 is 1. The SMILES string of the molecule is COc1ccc(Cl)cc1C1=NC(=Cc2ccccc2)C(=O)O1. The van der Waals surface area contributed by atoms with Crippen LogP contribution >= 0.6 is 11.6 Å². The lowest BCUT2D eigenvalue weighted by molar-refractivity contribution is -0.129. The van der Waals surface area contributed by atoms with Crippen LogP contribution in [0.2, 0.25) is 5.02 Å². The molecule has 2 aromatic carbocycles. The lowest BCUT2D eigenvalue weighted by Crippen LogP contribution is -2.07. The number of rotatable bonds is 3. The molecule has 0 aromatic heterocycles. The van der Waals surface area contributed by atoms with Crippen molar-refractivity contribution >= 4 is 29.5 Å². The minimum Gasteiger partial charge on any atom is -0.496 e. The summed E-state index contributed by atoms with van der Waals surface area (Å²) in [6.45, 7) is 0. The number of hydrogen-bond donors (Lipinski definition) is 0. The number of cyclic esters (lactones) is 1. The fourth-order valence-electron chi connectivity index (χ4n) is 2.08. The maximum atomic E-state index is 12.0. The van der Waals surface area contributed by atoms with Crippen LogP contribution in [0.5, 0.6) is 5.75 Å². The molecule has 1 heterocycles. The van der Waals surface area contributed by atoms with E-state index in [1.54, 1.807) is 24.3 Å². The first-order valence-corrected chi connectivity index (χ1v) is 6.96. The number of ether oxygens (including phenoxy) is 2. The van der Waals surface area contributed by atoms with Crippen molar-refractivity contribution in [1.82, 2.24) is 0 Å². The number of hydrogen-bond acceptors (Lipinski definition) is 4. The number of carbonyl (C=O) groups is 1. The second-order valence-electron chi connectivity index (χ2n) is 4.59. The Morgan fingerprint density at radius 1 is 1.18 bits per heavy atom. The van der Waals surface area contributed by atoms with E-state index in [-0.39, 0.29) is 11.6 Å². The van der Waals surface area contributed by atoms with Gasteiger partial charge in [0.25, 0.3) is 0 Å². The standard InChI is InChI=1S/C17H12ClNO3/c1-21-15-8-7-12(18)10-13(15)16-19-14(17(20)22-16)9-11-5-3-2-4-6-11/h2-10H,1H3. The molecule has 0 saturated carbocycles. The fourth-order valence-corrected chi connectivity index (χ4v) is 2.25. The highest BCUT2D eigenvalue weighted by atomic mass is 35.5. The Labute approximate surface area is 132 Å². The van der Waals surface area contributed by atoms with E-state index in [1.165, 1.54) is 7.11 Å². The lowest BCUT2D eigenvalue weighted by atomic mass is 10.2. The van der Waals surface area contributed by atoms with E-state index < -0.39 is 5.97 Å². The zero-order chi connectivity index (χ0) is 15.5. The van der Waals surface area contributed by atoms with Gasteiger partial charge in [-0.3, -0.25) is 0 Å². The second-order valence-corrected chi connectivity index (χ2v) is 5.03. The summed E-state index contributed by atoms with van der Waals surface area (Å²) in [5.74, 6) is 0.226. The number of carbonyl (C=O) groups excluding carboxylic acids is 1. The van der Waals surface area contributed by atoms with E-state index >= 15 is 0 Å². The molecule has 5 heteroatoms. The van der Waals surface area contributed by atoms with Gasteiger partial charge in [0, 0.05) is 5.02 Å². The molecular formula is C17H12ClNO3. The predicted octanol–water partition coefficient (Wildman–Crippen LogP) is 3.69. The van der Waals surface area contributed by atoms with E-state index in [1.807, 2.05) is 30.3 Å². The molecular weight excluding hydrogens is 302 g/mol. The fraction of sp³-hybridized carbons (Fsp3) is 0.0588. The number of esters is 1. The molecule has 0 unspecified atom stereocenters. The van der Waals surface area contributed by atoms with Gasteiger partial charge in [0.05, 0.1) is 12.7 Å². The van der Waals surface area contributed by atoms with Gasteiger partial charge < -0.3 is 9.47 Å². The van der Waals surface area contributed by atoms with Gasteiger partial charge in [0.15, 0.2) is 5.70 Å². The third-order valence-corrected chi connectivity index (χ3v) is 3.35. The highest BCUT2D eigenvalue weighted by molar-refractivity contribution is 6.31. The molecule has 4 nitrogen and oxygen atoms in total. The average Bonchev–Trinajstić information content (AvgIpc) is 2.89. The third kappa shape index (κ3) is 2.87. The highest BCUT2D eigenvalue weighted by Crippen LogP contribution is 2.27. The Morgan fingerprint density at radius 2 is 1.95 bits per heavy atom. The summed E-state index contributed by atoms with van der Waals surface area (Å²) >= 11 is 5.99. The minimum atomic E-state index is -0.499. The number of aliphatic imine (C=N–C) groups is 1. The van der Waals surface area contributed by atoms with Gasteiger partial charge in [-0.15, -0.1) is 0 Å². The van der Waals surface area contributed by atoms with Gasteiger partial charge in [-0.1, -0.05) is 41.9 Å². The Kier molecular flexibility index (Phi) is 3.94. The van der Waals surface area contributed by atoms with Gasteiger partial charge >= 0.3 is 5.97 Å². The summed E-state index contributed by atoms with van der Waals surface area (Å²) in [5.41, 5.74) is 1.65. The second kappa shape index (κ2) is 6.03. The maximum Gasteiger partial charge on any atom is 0.363 e. The first kappa shape index (κ1) is 14.4. The molecule has 2 aromatic rings. The van der Waals surface area contributed by atoms with Crippen LogP contribution in [0.1, 0.15) is 11.1 Å². The predicted molar refractivity (Wildman–Crippen MR) is 85.1 cm³/mol. The molecule has 0 amide bonds. The summed E-state index contributed by atoms with van der Waals surface area (Å²) in [4.78, 5) is 16.2. The molecule has 0 radical (unpaired) electrons. The number of halogens is 1. The summed E-state index contributed by atoms with van der Waals surface area (Å²) < 4.78 is 10.5. The Balaban J connectivity index is 2.00. The van der Waals surface area contributed by atoms with Gasteiger partial charge in [0.2, 0.25) is 5.90 Å². The van der Waals surface area contributed by atoms with Crippen LogP contribution in [0.15, 0.2) is 59.2 Å². The molecule has 3 rings (SSSR count). The van der Waals surface area contributed by atoms with Crippen LogP contribution in [-0.4, -0.2) is 19.0 Å². The largest absolute Gasteiger partial charge is 0.496 e. The first-order valence-electron chi connectivity index (χ1n) is 6.59. The van der Waals surface area contributed by atoms with E-state index in [9.17, 15) is 4.79 Å². The average molecular weight is 314 g/mol. The third-order valence-electron chi connectivity index (χ3n) is 3.12. The molecule has 0 aliphatic carbocycles. The van der Waals surface area contributed by atoms with E-state index in [4.69, 9.17) is 21.1 Å². The zero-order valence-corrected chi connectivity index (χ0v) is 12.5. The van der Waals surface area contributed by atoms with Crippen molar-refractivity contribution < 1.29 is 14.3 Å². The summed E-state index contributed by atoms with van der Waals surface area (Å²) in [7, 11) is 1.53. The molecule has 1 aliphatic rings. The van der Waals surface area contributed by atoms with Crippen LogP contribution in [0, 0.1) is 0 Å². The molecule has 0 saturated heterocycles. The number of benzene rings is 2. The van der Waals surface area contributed by atoms with Crippen molar-refractivity contribution in [1.29, 1.82) is 0 Å². The Morgan fingerprint density at radius 3 is 2.68 bits per heavy atom. The Hall–Kier alpha value is -2.59. The molecule has 0 bridgehead atoms. The zero-order valence-electron chi connectivity index (χ0n) is 11.7. The van der Waals surface area contributed by atoms with Gasteiger partial charge in [-0.2, -0.15) is 0 Å². The molecule has 22 heavy (non-hydrogen) atoms. The van der Waals surface area contributed by atoms with E-state index in [2.05, 4.69) is 4.99 Å². The van der Waals surface area contributed by atoms with Crippen molar-refractivity contribution in [2.75, 3.05) is 7.11 Å². The highest BCUT2D eigenvalue weighted by Gasteiger charge is 2.26. The molecule has 0 atom stereocenters. The molecule has 0 spiro atoms. The quantitative estimate of drug-likeness (QED) is 0.641. The van der Waals surface area contributed by atoms with Crippen molar-refractivity contribution in [3.05, 3.63) is 70.4 Å². The van der Waals surface area contributed by atoms with Crippen LogP contribution in [-0.2, 0) is 9.53 Å². The molecule has 1 aliphatic heterocycles. The molecule has 0 N–H and O–H groups in total. The van der Waals surface area contributed by atoms with Crippen LogP contribution in [0.25, 0.3) is 6.08 Å². The van der Waals surface area contributed by atoms with Gasteiger partial charge in [0.1, 0.15) is 5.75 Å². The van der Waals surface area contributed by atoms with E-state index in [0.29, 0.717) is 16.3 Å². The summed E-state index contributed by atoms with van der Waals surface area (Å²) in [6, 6.07) is 14.5. The van der Waals surface area contributed by atoms with Crippen LogP contribution in [0.4, 0.5) is 0 Å². The van der Waals surface area contributed by atoms with Crippen molar-refractivity contribution in [3.8, 4) is 5.75 Å². The van der Waals surface area contributed by atoms with Crippen LogP contribution < -0.4 is 4.74 Å². The van der Waals surface area contributed by atoms with Crippen molar-refractivity contribution in [2.24, 2.45) is 4.99 Å². The summed E-state index contributed by atoms with van der Waals surface area (Å²) in [6.07, 6.45) is 1.67. The lowest BCUT2D eigenvalue weighted by Gasteiger charge is -2.07. The molecule has 110 valence electrons. The van der Waals surface area contributed by atoms with Crippen LogP contribution in [0.3, 0.4) is 0 Å². The van der Waals surface area contributed by atoms with E-state index in [0.717, 1.165) is 5.56 Å². The Bertz CT molecular complexity index is 782. The van der Waals surface area contributed by atoms with Crippen molar-refractivity contribution in [3.63, 3.8) is 0 Å². The summed E-state index contributed by atoms with van der Waals surface area (Å²) in [5, 5.41) is 0.509. The molecule has 0 fully saturated rings. The maximum absolute atomic E-state index is 12.0. The van der Waals surface area contributed by atoms with Crippen molar-refractivity contribution in [2.45, 2.75) is 0 Å². The van der Waals surface area contributed by atoms with Gasteiger partial charge in [-0.05, 0) is 29.8 Å². The monoisotopic (exact) mass is 313 g/mol. The minimum absolute atomic E-state index is 0.187. The normalized spacial score (nSPS) is 15.6.